The summed E-state index contributed by atoms with van der Waals surface area (Å²) < 4.78 is 12.2. The summed E-state index contributed by atoms with van der Waals surface area (Å²) in [6, 6.07) is 15.1. The minimum Gasteiger partial charge on any atom is -0.492 e. The maximum atomic E-state index is 6.14. The highest BCUT2D eigenvalue weighted by atomic mass is 16.5. The van der Waals surface area contributed by atoms with Crippen molar-refractivity contribution in [1.82, 2.24) is 9.80 Å². The Morgan fingerprint density at radius 2 is 1.37 bits per heavy atom. The molecule has 0 amide bonds. The molecule has 30 heavy (non-hydrogen) atoms. The fourth-order valence-electron chi connectivity index (χ4n) is 4.53. The van der Waals surface area contributed by atoms with E-state index in [1.807, 2.05) is 0 Å². The third kappa shape index (κ3) is 5.77. The highest BCUT2D eigenvalue weighted by Crippen LogP contribution is 2.29. The molecule has 0 atom stereocenters. The third-order valence-corrected chi connectivity index (χ3v) is 6.35. The molecule has 4 heteroatoms. The monoisotopic (exact) mass is 408 g/mol. The van der Waals surface area contributed by atoms with Crippen LogP contribution >= 0.6 is 0 Å². The maximum absolute atomic E-state index is 6.14. The summed E-state index contributed by atoms with van der Waals surface area (Å²) >= 11 is 0. The van der Waals surface area contributed by atoms with Crippen LogP contribution in [0.15, 0.2) is 42.5 Å². The second-order valence-electron chi connectivity index (χ2n) is 8.50. The van der Waals surface area contributed by atoms with Crippen LogP contribution in [-0.4, -0.2) is 62.3 Å². The van der Waals surface area contributed by atoms with Gasteiger partial charge in [0.25, 0.3) is 0 Å². The molecule has 2 aliphatic rings. The first kappa shape index (κ1) is 21.2. The quantitative estimate of drug-likeness (QED) is 0.560. The van der Waals surface area contributed by atoms with E-state index < -0.39 is 0 Å². The topological polar surface area (TPSA) is 24.9 Å². The molecule has 2 aromatic carbocycles. The molecule has 0 aliphatic carbocycles. The van der Waals surface area contributed by atoms with Gasteiger partial charge in [0.05, 0.1) is 0 Å². The van der Waals surface area contributed by atoms with E-state index >= 15 is 0 Å². The largest absolute Gasteiger partial charge is 0.492 e. The Labute approximate surface area is 181 Å². The van der Waals surface area contributed by atoms with E-state index in [9.17, 15) is 0 Å². The van der Waals surface area contributed by atoms with E-state index in [1.54, 1.807) is 0 Å². The van der Waals surface area contributed by atoms with Crippen LogP contribution in [-0.2, 0) is 6.42 Å². The number of hydrogen-bond acceptors (Lipinski definition) is 4. The summed E-state index contributed by atoms with van der Waals surface area (Å²) in [4.78, 5) is 4.98. The van der Waals surface area contributed by atoms with E-state index in [1.165, 1.54) is 68.6 Å². The Kier molecular flexibility index (Phi) is 7.65. The minimum atomic E-state index is 0.757. The molecule has 0 aromatic heterocycles. The van der Waals surface area contributed by atoms with Crippen LogP contribution in [0.5, 0.6) is 11.5 Å². The van der Waals surface area contributed by atoms with Crippen LogP contribution < -0.4 is 9.47 Å². The van der Waals surface area contributed by atoms with Gasteiger partial charge in [-0.3, -0.25) is 9.80 Å². The SMILES string of the molecule is CCc1cc(-c2cccc(OCCN3CCCC3)c2)ccc1OCCN1CCCC1. The van der Waals surface area contributed by atoms with E-state index in [-0.39, 0.29) is 0 Å². The lowest BCUT2D eigenvalue weighted by Crippen LogP contribution is -2.25. The van der Waals surface area contributed by atoms with Gasteiger partial charge in [-0.15, -0.1) is 0 Å². The number of likely N-dealkylation sites (tertiary alicyclic amines) is 2. The molecule has 162 valence electrons. The van der Waals surface area contributed by atoms with Crippen molar-refractivity contribution in [3.63, 3.8) is 0 Å². The van der Waals surface area contributed by atoms with Gasteiger partial charge < -0.3 is 9.47 Å². The Balaban J connectivity index is 1.35. The van der Waals surface area contributed by atoms with Crippen LogP contribution in [0.3, 0.4) is 0 Å². The first-order chi connectivity index (χ1) is 14.8. The van der Waals surface area contributed by atoms with Gasteiger partial charge in [-0.05, 0) is 99.2 Å². The highest BCUT2D eigenvalue weighted by molar-refractivity contribution is 5.67. The highest BCUT2D eigenvalue weighted by Gasteiger charge is 2.13. The molecule has 0 N–H and O–H groups in total. The molecule has 4 rings (SSSR count). The molecule has 0 radical (unpaired) electrons. The Morgan fingerprint density at radius 3 is 2.03 bits per heavy atom. The first-order valence-corrected chi connectivity index (χ1v) is 11.8. The summed E-state index contributed by atoms with van der Waals surface area (Å²) in [5, 5.41) is 0. The van der Waals surface area contributed by atoms with Crippen LogP contribution in [0.25, 0.3) is 11.1 Å². The first-order valence-electron chi connectivity index (χ1n) is 11.8. The van der Waals surface area contributed by atoms with Crippen molar-refractivity contribution in [3.05, 3.63) is 48.0 Å². The van der Waals surface area contributed by atoms with Crippen LogP contribution in [0, 0.1) is 0 Å². The van der Waals surface area contributed by atoms with Crippen molar-refractivity contribution < 1.29 is 9.47 Å². The zero-order valence-electron chi connectivity index (χ0n) is 18.4. The Hall–Kier alpha value is -2.04. The summed E-state index contributed by atoms with van der Waals surface area (Å²) in [5.74, 6) is 1.98. The molecule has 2 aromatic rings. The maximum Gasteiger partial charge on any atom is 0.122 e. The lowest BCUT2D eigenvalue weighted by atomic mass is 10.0. The summed E-state index contributed by atoms with van der Waals surface area (Å²) in [5.41, 5.74) is 3.70. The van der Waals surface area contributed by atoms with E-state index in [2.05, 4.69) is 59.2 Å². The molecule has 2 saturated heterocycles. The summed E-state index contributed by atoms with van der Waals surface area (Å²) in [7, 11) is 0. The summed E-state index contributed by atoms with van der Waals surface area (Å²) in [6.45, 7) is 10.7. The van der Waals surface area contributed by atoms with Gasteiger partial charge in [0.1, 0.15) is 24.7 Å². The number of nitrogens with zero attached hydrogens (tertiary/aromatic N) is 2. The average Bonchev–Trinajstić information content (AvgIpc) is 3.49. The molecule has 2 fully saturated rings. The number of hydrogen-bond donors (Lipinski definition) is 0. The fraction of sp³-hybridized carbons (Fsp3) is 0.538. The molecule has 4 nitrogen and oxygen atoms in total. The third-order valence-electron chi connectivity index (χ3n) is 6.35. The van der Waals surface area contributed by atoms with Crippen molar-refractivity contribution >= 4 is 0 Å². The Morgan fingerprint density at radius 1 is 0.733 bits per heavy atom. The van der Waals surface area contributed by atoms with Gasteiger partial charge >= 0.3 is 0 Å². The number of aryl methyl sites for hydroxylation is 1. The average molecular weight is 409 g/mol. The van der Waals surface area contributed by atoms with Gasteiger partial charge in [0, 0.05) is 13.1 Å². The van der Waals surface area contributed by atoms with Crippen molar-refractivity contribution in [3.8, 4) is 22.6 Å². The fourth-order valence-corrected chi connectivity index (χ4v) is 4.53. The minimum absolute atomic E-state index is 0.757. The van der Waals surface area contributed by atoms with Crippen molar-refractivity contribution in [2.24, 2.45) is 0 Å². The number of benzene rings is 2. The second-order valence-corrected chi connectivity index (χ2v) is 8.50. The smallest absolute Gasteiger partial charge is 0.122 e. The predicted molar refractivity (Wildman–Crippen MR) is 124 cm³/mol. The van der Waals surface area contributed by atoms with Gasteiger partial charge in [-0.25, -0.2) is 0 Å². The van der Waals surface area contributed by atoms with Crippen LogP contribution in [0.1, 0.15) is 38.2 Å². The van der Waals surface area contributed by atoms with E-state index in [0.29, 0.717) is 0 Å². The lowest BCUT2D eigenvalue weighted by Gasteiger charge is -2.17. The van der Waals surface area contributed by atoms with Gasteiger partial charge in [0.2, 0.25) is 0 Å². The molecular formula is C26H36N2O2. The van der Waals surface area contributed by atoms with Crippen LogP contribution in [0.4, 0.5) is 0 Å². The van der Waals surface area contributed by atoms with Crippen LogP contribution in [0.2, 0.25) is 0 Å². The van der Waals surface area contributed by atoms with Gasteiger partial charge in [-0.2, -0.15) is 0 Å². The van der Waals surface area contributed by atoms with E-state index in [0.717, 1.165) is 44.2 Å². The Bertz CT molecular complexity index is 795. The number of rotatable bonds is 10. The zero-order chi connectivity index (χ0) is 20.6. The molecule has 0 bridgehead atoms. The van der Waals surface area contributed by atoms with Gasteiger partial charge in [0.15, 0.2) is 0 Å². The lowest BCUT2D eigenvalue weighted by molar-refractivity contribution is 0.236. The van der Waals surface area contributed by atoms with Gasteiger partial charge in [-0.1, -0.05) is 25.1 Å². The van der Waals surface area contributed by atoms with Crippen molar-refractivity contribution in [2.75, 3.05) is 52.5 Å². The molecule has 0 spiro atoms. The zero-order valence-corrected chi connectivity index (χ0v) is 18.4. The molecular weight excluding hydrogens is 372 g/mol. The molecule has 2 aliphatic heterocycles. The summed E-state index contributed by atoms with van der Waals surface area (Å²) in [6.07, 6.45) is 6.28. The van der Waals surface area contributed by atoms with Crippen molar-refractivity contribution in [1.29, 1.82) is 0 Å². The standard InChI is InChI=1S/C26H36N2O2/c1-2-22-20-24(10-11-26(22)30-19-17-28-14-5-6-15-28)23-8-7-9-25(21-23)29-18-16-27-12-3-4-13-27/h7-11,20-21H,2-6,12-19H2,1H3. The normalized spacial score (nSPS) is 17.5. The number of ether oxygens (including phenoxy) is 2. The van der Waals surface area contributed by atoms with Crippen molar-refractivity contribution in [2.45, 2.75) is 39.0 Å². The molecule has 0 saturated carbocycles. The van der Waals surface area contributed by atoms with E-state index in [4.69, 9.17) is 9.47 Å². The molecule has 2 heterocycles. The molecule has 0 unspecified atom stereocenters. The second kappa shape index (κ2) is 10.8. The predicted octanol–water partition coefficient (Wildman–Crippen LogP) is 4.87.